The van der Waals surface area contributed by atoms with Crippen LogP contribution in [0.25, 0.3) is 0 Å². The van der Waals surface area contributed by atoms with Crippen molar-refractivity contribution in [1.29, 1.82) is 0 Å². The highest BCUT2D eigenvalue weighted by Crippen LogP contribution is 2.25. The van der Waals surface area contributed by atoms with Crippen LogP contribution in [0, 0.1) is 15.9 Å². The van der Waals surface area contributed by atoms with E-state index in [0.717, 1.165) is 6.07 Å². The molecule has 0 saturated heterocycles. The Hall–Kier alpha value is -2.26. The number of nitro groups is 1. The summed E-state index contributed by atoms with van der Waals surface area (Å²) in [5.74, 6) is 3.43. The Labute approximate surface area is 107 Å². The maximum Gasteiger partial charge on any atom is 0.285 e. The fourth-order valence-electron chi connectivity index (χ4n) is 1.37. The molecule has 9 heteroatoms. The lowest BCUT2D eigenvalue weighted by atomic mass is 10.1. The van der Waals surface area contributed by atoms with Crippen LogP contribution in [-0.4, -0.2) is 31.1 Å². The average Bonchev–Trinajstić information content (AvgIpc) is 2.38. The molecule has 0 radical (unpaired) electrons. The summed E-state index contributed by atoms with van der Waals surface area (Å²) in [7, 11) is 1.45. The van der Waals surface area contributed by atoms with Gasteiger partial charge in [-0.15, -0.1) is 0 Å². The van der Waals surface area contributed by atoms with Gasteiger partial charge >= 0.3 is 0 Å². The SMILES string of the molecule is COCCNC(=O)c1cc(NN)c(F)cc1[N+](=O)[O-]. The maximum atomic E-state index is 13.4. The van der Waals surface area contributed by atoms with E-state index in [2.05, 4.69) is 5.32 Å². The third-order valence-corrected chi connectivity index (χ3v) is 2.27. The third kappa shape index (κ3) is 3.60. The van der Waals surface area contributed by atoms with E-state index in [9.17, 15) is 19.3 Å². The lowest BCUT2D eigenvalue weighted by Crippen LogP contribution is -2.28. The molecule has 0 unspecified atom stereocenters. The summed E-state index contributed by atoms with van der Waals surface area (Å²) < 4.78 is 18.1. The van der Waals surface area contributed by atoms with Gasteiger partial charge in [-0.2, -0.15) is 0 Å². The number of nitrogens with one attached hydrogen (secondary N) is 2. The van der Waals surface area contributed by atoms with Crippen molar-refractivity contribution in [1.82, 2.24) is 5.32 Å². The van der Waals surface area contributed by atoms with Crippen LogP contribution in [0.4, 0.5) is 15.8 Å². The number of benzene rings is 1. The van der Waals surface area contributed by atoms with Crippen LogP contribution in [0.1, 0.15) is 10.4 Å². The number of rotatable bonds is 6. The van der Waals surface area contributed by atoms with Crippen molar-refractivity contribution in [3.8, 4) is 0 Å². The van der Waals surface area contributed by atoms with E-state index in [-0.39, 0.29) is 24.4 Å². The van der Waals surface area contributed by atoms with E-state index in [4.69, 9.17) is 10.6 Å². The number of nitrogens with two attached hydrogens (primary N) is 1. The standard InChI is InChI=1S/C10H13FN4O4/c1-19-3-2-13-10(16)6-4-8(14-12)7(11)5-9(6)15(17)18/h4-5,14H,2-3,12H2,1H3,(H,13,16). The fourth-order valence-corrected chi connectivity index (χ4v) is 1.37. The minimum absolute atomic E-state index is 0.176. The maximum absolute atomic E-state index is 13.4. The lowest BCUT2D eigenvalue weighted by Gasteiger charge is -2.08. The Kier molecular flexibility index (Phi) is 5.15. The molecule has 0 fully saturated rings. The second kappa shape index (κ2) is 6.61. The summed E-state index contributed by atoms with van der Waals surface area (Å²) in [5.41, 5.74) is 0.901. The van der Waals surface area contributed by atoms with Gasteiger partial charge in [0.05, 0.1) is 23.3 Å². The van der Waals surface area contributed by atoms with Crippen LogP contribution < -0.4 is 16.6 Å². The summed E-state index contributed by atoms with van der Waals surface area (Å²) in [6, 6.07) is 1.62. The molecule has 19 heavy (non-hydrogen) atoms. The Balaban J connectivity index is 3.09. The molecule has 0 aliphatic rings. The summed E-state index contributed by atoms with van der Waals surface area (Å²) in [5, 5.41) is 13.2. The molecule has 0 bridgehead atoms. The van der Waals surface area contributed by atoms with Gasteiger partial charge in [-0.25, -0.2) is 4.39 Å². The van der Waals surface area contributed by atoms with E-state index in [0.29, 0.717) is 6.07 Å². The minimum Gasteiger partial charge on any atom is -0.383 e. The quantitative estimate of drug-likeness (QED) is 0.298. The smallest absolute Gasteiger partial charge is 0.285 e. The third-order valence-electron chi connectivity index (χ3n) is 2.27. The van der Waals surface area contributed by atoms with E-state index in [1.54, 1.807) is 0 Å². The van der Waals surface area contributed by atoms with Gasteiger partial charge in [0, 0.05) is 13.7 Å². The van der Waals surface area contributed by atoms with Crippen LogP contribution in [0.3, 0.4) is 0 Å². The first kappa shape index (κ1) is 14.8. The molecule has 4 N–H and O–H groups in total. The number of anilines is 1. The predicted octanol–water partition coefficient (Wildman–Crippen LogP) is 0.396. The van der Waals surface area contributed by atoms with Crippen molar-refractivity contribution in [2.45, 2.75) is 0 Å². The molecule has 1 aromatic rings. The normalized spacial score (nSPS) is 10.1. The first-order valence-electron chi connectivity index (χ1n) is 5.23. The number of hydrogen-bond acceptors (Lipinski definition) is 6. The van der Waals surface area contributed by atoms with Crippen LogP contribution in [0.5, 0.6) is 0 Å². The van der Waals surface area contributed by atoms with Crippen molar-refractivity contribution in [2.24, 2.45) is 5.84 Å². The van der Waals surface area contributed by atoms with Crippen LogP contribution >= 0.6 is 0 Å². The fraction of sp³-hybridized carbons (Fsp3) is 0.300. The molecule has 0 heterocycles. The number of hydrogen-bond donors (Lipinski definition) is 3. The minimum atomic E-state index is -0.914. The molecule has 0 aliphatic heterocycles. The zero-order valence-corrected chi connectivity index (χ0v) is 10.1. The van der Waals surface area contributed by atoms with Gasteiger partial charge in [0.25, 0.3) is 11.6 Å². The Morgan fingerprint density at radius 2 is 2.26 bits per heavy atom. The summed E-state index contributed by atoms with van der Waals surface area (Å²) in [4.78, 5) is 21.7. The van der Waals surface area contributed by atoms with Crippen molar-refractivity contribution in [3.63, 3.8) is 0 Å². The molecule has 0 aliphatic carbocycles. The van der Waals surface area contributed by atoms with E-state index < -0.39 is 22.3 Å². The molecule has 1 amide bonds. The second-order valence-electron chi connectivity index (χ2n) is 3.50. The molecular weight excluding hydrogens is 259 g/mol. The zero-order chi connectivity index (χ0) is 14.4. The van der Waals surface area contributed by atoms with Crippen molar-refractivity contribution in [2.75, 3.05) is 25.7 Å². The van der Waals surface area contributed by atoms with E-state index >= 15 is 0 Å². The van der Waals surface area contributed by atoms with Gasteiger partial charge in [0.1, 0.15) is 5.56 Å². The molecule has 0 aromatic heterocycles. The summed E-state index contributed by atoms with van der Waals surface area (Å²) in [6.45, 7) is 0.429. The first-order chi connectivity index (χ1) is 9.01. The number of halogens is 1. The monoisotopic (exact) mass is 272 g/mol. The number of ether oxygens (including phenoxy) is 1. The van der Waals surface area contributed by atoms with Gasteiger partial charge in [0.2, 0.25) is 0 Å². The number of carbonyl (C=O) groups is 1. The number of nitrogens with zero attached hydrogens (tertiary/aromatic N) is 1. The highest BCUT2D eigenvalue weighted by atomic mass is 19.1. The van der Waals surface area contributed by atoms with Gasteiger partial charge in [-0.3, -0.25) is 20.8 Å². The number of hydrazine groups is 1. The second-order valence-corrected chi connectivity index (χ2v) is 3.50. The Morgan fingerprint density at radius 3 is 2.79 bits per heavy atom. The number of nitro benzene ring substituents is 1. The summed E-state index contributed by atoms with van der Waals surface area (Å²) >= 11 is 0. The van der Waals surface area contributed by atoms with Crippen LogP contribution in [-0.2, 0) is 4.74 Å². The highest BCUT2D eigenvalue weighted by molar-refractivity contribution is 5.99. The predicted molar refractivity (Wildman–Crippen MR) is 65.1 cm³/mol. The van der Waals surface area contributed by atoms with Gasteiger partial charge in [-0.05, 0) is 6.07 Å². The van der Waals surface area contributed by atoms with Crippen molar-refractivity contribution in [3.05, 3.63) is 33.6 Å². The van der Waals surface area contributed by atoms with Crippen LogP contribution in [0.15, 0.2) is 12.1 Å². The molecule has 1 rings (SSSR count). The number of nitrogen functional groups attached to an aromatic ring is 1. The van der Waals surface area contributed by atoms with Crippen molar-refractivity contribution < 1.29 is 18.8 Å². The molecule has 0 spiro atoms. The zero-order valence-electron chi connectivity index (χ0n) is 10.1. The van der Waals surface area contributed by atoms with Gasteiger partial charge in [0.15, 0.2) is 5.82 Å². The topological polar surface area (TPSA) is 120 Å². The Bertz CT molecular complexity index is 495. The number of carbonyl (C=O) groups excluding carboxylic acids is 1. The van der Waals surface area contributed by atoms with Crippen LogP contribution in [0.2, 0.25) is 0 Å². The lowest BCUT2D eigenvalue weighted by molar-refractivity contribution is -0.385. The van der Waals surface area contributed by atoms with E-state index in [1.165, 1.54) is 7.11 Å². The molecule has 1 aromatic carbocycles. The summed E-state index contributed by atoms with van der Waals surface area (Å²) in [6.07, 6.45) is 0. The molecule has 0 atom stereocenters. The molecule has 8 nitrogen and oxygen atoms in total. The molecule has 104 valence electrons. The average molecular weight is 272 g/mol. The highest BCUT2D eigenvalue weighted by Gasteiger charge is 2.23. The van der Waals surface area contributed by atoms with Gasteiger partial charge < -0.3 is 15.5 Å². The number of amides is 1. The van der Waals surface area contributed by atoms with Crippen molar-refractivity contribution >= 4 is 17.3 Å². The van der Waals surface area contributed by atoms with E-state index in [1.807, 2.05) is 5.43 Å². The molecular formula is C10H13FN4O4. The molecule has 0 saturated carbocycles. The largest absolute Gasteiger partial charge is 0.383 e. The van der Waals surface area contributed by atoms with Gasteiger partial charge in [-0.1, -0.05) is 0 Å². The Morgan fingerprint density at radius 1 is 1.58 bits per heavy atom. The number of methoxy groups -OCH3 is 1. The first-order valence-corrected chi connectivity index (χ1v) is 5.23.